The van der Waals surface area contributed by atoms with Crippen LogP contribution in [0.1, 0.15) is 38.7 Å². The van der Waals surface area contributed by atoms with Crippen molar-refractivity contribution in [3.63, 3.8) is 0 Å². The van der Waals surface area contributed by atoms with Gasteiger partial charge in [-0.25, -0.2) is 0 Å². The van der Waals surface area contributed by atoms with E-state index in [9.17, 15) is 4.79 Å². The Balaban J connectivity index is 2.65. The Morgan fingerprint density at radius 2 is 1.88 bits per heavy atom. The Labute approximate surface area is 96.6 Å². The summed E-state index contributed by atoms with van der Waals surface area (Å²) in [6, 6.07) is 7.01. The van der Waals surface area contributed by atoms with Gasteiger partial charge in [-0.05, 0) is 43.5 Å². The summed E-state index contributed by atoms with van der Waals surface area (Å²) in [7, 11) is 0. The van der Waals surface area contributed by atoms with Gasteiger partial charge in [0.25, 0.3) is 0 Å². The van der Waals surface area contributed by atoms with Crippen molar-refractivity contribution in [2.75, 3.05) is 0 Å². The van der Waals surface area contributed by atoms with Crippen molar-refractivity contribution in [3.8, 4) is 5.75 Å². The first-order chi connectivity index (χ1) is 7.49. The van der Waals surface area contributed by atoms with Gasteiger partial charge in [-0.15, -0.1) is 0 Å². The van der Waals surface area contributed by atoms with E-state index in [-0.39, 0.29) is 17.5 Å². The molecule has 1 N–H and O–H groups in total. The van der Waals surface area contributed by atoms with Crippen molar-refractivity contribution >= 4 is 5.78 Å². The molecule has 0 aliphatic carbocycles. The van der Waals surface area contributed by atoms with Crippen LogP contribution < -0.4 is 0 Å². The zero-order valence-electron chi connectivity index (χ0n) is 10.0. The van der Waals surface area contributed by atoms with E-state index in [1.165, 1.54) is 0 Å². The van der Waals surface area contributed by atoms with Gasteiger partial charge in [0.1, 0.15) is 5.75 Å². The Kier molecular flexibility index (Phi) is 4.29. The van der Waals surface area contributed by atoms with Crippen LogP contribution in [0.5, 0.6) is 5.75 Å². The summed E-state index contributed by atoms with van der Waals surface area (Å²) >= 11 is 0. The van der Waals surface area contributed by atoms with E-state index in [1.807, 2.05) is 32.9 Å². The van der Waals surface area contributed by atoms with E-state index in [1.54, 1.807) is 18.2 Å². The molecule has 1 aromatic carbocycles. The van der Waals surface area contributed by atoms with Crippen molar-refractivity contribution in [1.29, 1.82) is 0 Å². The zero-order chi connectivity index (χ0) is 12.1. The van der Waals surface area contributed by atoms with E-state index >= 15 is 0 Å². The van der Waals surface area contributed by atoms with Gasteiger partial charge in [0, 0.05) is 6.42 Å². The van der Waals surface area contributed by atoms with Crippen LogP contribution in [0.2, 0.25) is 0 Å². The Bertz CT molecular complexity index is 384. The molecule has 16 heavy (non-hydrogen) atoms. The van der Waals surface area contributed by atoms with Gasteiger partial charge in [0.15, 0.2) is 5.78 Å². The second-order valence-corrected chi connectivity index (χ2v) is 4.38. The summed E-state index contributed by atoms with van der Waals surface area (Å²) in [5, 5.41) is 9.16. The maximum atomic E-state index is 11.6. The quantitative estimate of drug-likeness (QED) is 0.786. The summed E-state index contributed by atoms with van der Waals surface area (Å²) in [6.45, 7) is 5.86. The molecule has 2 heteroatoms. The van der Waals surface area contributed by atoms with E-state index in [0.717, 1.165) is 11.1 Å². The van der Waals surface area contributed by atoms with Crippen LogP contribution in [-0.2, 0) is 4.79 Å². The predicted molar refractivity (Wildman–Crippen MR) is 65.6 cm³/mol. The summed E-state index contributed by atoms with van der Waals surface area (Å²) in [5.41, 5.74) is 2.11. The molecule has 0 spiro atoms. The highest BCUT2D eigenvalue weighted by molar-refractivity contribution is 5.90. The fourth-order valence-corrected chi connectivity index (χ4v) is 1.60. The monoisotopic (exact) mass is 218 g/mol. The minimum atomic E-state index is 0.153. The van der Waals surface area contributed by atoms with Gasteiger partial charge < -0.3 is 5.11 Å². The number of hydrogen-bond acceptors (Lipinski definition) is 2. The van der Waals surface area contributed by atoms with E-state index < -0.39 is 0 Å². The molecule has 0 aliphatic rings. The highest BCUT2D eigenvalue weighted by Crippen LogP contribution is 2.21. The summed E-state index contributed by atoms with van der Waals surface area (Å²) in [4.78, 5) is 11.6. The lowest BCUT2D eigenvalue weighted by atomic mass is 9.95. The van der Waals surface area contributed by atoms with Crippen LogP contribution in [0.4, 0.5) is 0 Å². The molecule has 0 unspecified atom stereocenters. The van der Waals surface area contributed by atoms with Crippen LogP contribution in [-0.4, -0.2) is 10.9 Å². The first kappa shape index (κ1) is 12.5. The SMILES string of the molecule is CC(C)=CC(=O)C[C@H](C)c1ccc(O)cc1. The summed E-state index contributed by atoms with van der Waals surface area (Å²) in [5.74, 6) is 0.593. The van der Waals surface area contributed by atoms with Gasteiger partial charge in [0.2, 0.25) is 0 Å². The minimum Gasteiger partial charge on any atom is -0.508 e. The van der Waals surface area contributed by atoms with Crippen molar-refractivity contribution in [2.24, 2.45) is 0 Å². The third-order valence-electron chi connectivity index (χ3n) is 2.42. The highest BCUT2D eigenvalue weighted by Gasteiger charge is 2.09. The zero-order valence-corrected chi connectivity index (χ0v) is 10.0. The lowest BCUT2D eigenvalue weighted by molar-refractivity contribution is -0.114. The number of phenols is 1. The van der Waals surface area contributed by atoms with Gasteiger partial charge in [-0.2, -0.15) is 0 Å². The van der Waals surface area contributed by atoms with Crippen LogP contribution in [0.15, 0.2) is 35.9 Å². The molecular formula is C14H18O2. The van der Waals surface area contributed by atoms with Crippen LogP contribution in [0.3, 0.4) is 0 Å². The van der Waals surface area contributed by atoms with Gasteiger partial charge in [-0.3, -0.25) is 4.79 Å². The first-order valence-electron chi connectivity index (χ1n) is 5.45. The molecule has 0 saturated heterocycles. The molecule has 2 nitrogen and oxygen atoms in total. The lowest BCUT2D eigenvalue weighted by Gasteiger charge is -2.09. The van der Waals surface area contributed by atoms with Crippen LogP contribution in [0, 0.1) is 0 Å². The molecule has 0 fully saturated rings. The number of ketones is 1. The number of aromatic hydroxyl groups is 1. The molecule has 0 saturated carbocycles. The third kappa shape index (κ3) is 3.89. The van der Waals surface area contributed by atoms with Crippen molar-refractivity contribution < 1.29 is 9.90 Å². The van der Waals surface area contributed by atoms with Gasteiger partial charge in [-0.1, -0.05) is 24.6 Å². The molecule has 0 bridgehead atoms. The Morgan fingerprint density at radius 1 is 1.31 bits per heavy atom. The molecule has 1 rings (SSSR count). The molecule has 1 atom stereocenters. The topological polar surface area (TPSA) is 37.3 Å². The molecule has 0 radical (unpaired) electrons. The molecule has 0 heterocycles. The number of benzene rings is 1. The lowest BCUT2D eigenvalue weighted by Crippen LogP contribution is -2.01. The highest BCUT2D eigenvalue weighted by atomic mass is 16.3. The molecule has 1 aromatic rings. The number of hydrogen-bond donors (Lipinski definition) is 1. The second-order valence-electron chi connectivity index (χ2n) is 4.38. The van der Waals surface area contributed by atoms with E-state index in [4.69, 9.17) is 5.11 Å². The van der Waals surface area contributed by atoms with Gasteiger partial charge in [0.05, 0.1) is 0 Å². The molecule has 0 amide bonds. The predicted octanol–water partition coefficient (Wildman–Crippen LogP) is 3.42. The average Bonchev–Trinajstić information content (AvgIpc) is 2.16. The number of carbonyl (C=O) groups excluding carboxylic acids is 1. The molecule has 0 aromatic heterocycles. The number of allylic oxidation sites excluding steroid dienone is 2. The molecule has 86 valence electrons. The maximum absolute atomic E-state index is 11.6. The van der Waals surface area contributed by atoms with Crippen molar-refractivity contribution in [1.82, 2.24) is 0 Å². The van der Waals surface area contributed by atoms with E-state index in [2.05, 4.69) is 0 Å². The fraction of sp³-hybridized carbons (Fsp3) is 0.357. The Hall–Kier alpha value is -1.57. The Morgan fingerprint density at radius 3 is 2.38 bits per heavy atom. The normalized spacial score (nSPS) is 11.9. The van der Waals surface area contributed by atoms with Crippen LogP contribution >= 0.6 is 0 Å². The van der Waals surface area contributed by atoms with Crippen molar-refractivity contribution in [2.45, 2.75) is 33.1 Å². The average molecular weight is 218 g/mol. The minimum absolute atomic E-state index is 0.153. The number of phenolic OH excluding ortho intramolecular Hbond substituents is 1. The first-order valence-corrected chi connectivity index (χ1v) is 5.45. The summed E-state index contributed by atoms with van der Waals surface area (Å²) in [6.07, 6.45) is 2.19. The standard InChI is InChI=1S/C14H18O2/c1-10(2)8-14(16)9-11(3)12-4-6-13(15)7-5-12/h4-8,11,15H,9H2,1-3H3/t11-/m0/s1. The van der Waals surface area contributed by atoms with Gasteiger partial charge >= 0.3 is 0 Å². The maximum Gasteiger partial charge on any atom is 0.156 e. The second kappa shape index (κ2) is 5.50. The summed E-state index contributed by atoms with van der Waals surface area (Å²) < 4.78 is 0. The van der Waals surface area contributed by atoms with Crippen LogP contribution in [0.25, 0.3) is 0 Å². The smallest absolute Gasteiger partial charge is 0.156 e. The van der Waals surface area contributed by atoms with Crippen molar-refractivity contribution in [3.05, 3.63) is 41.5 Å². The van der Waals surface area contributed by atoms with E-state index in [0.29, 0.717) is 6.42 Å². The fourth-order valence-electron chi connectivity index (χ4n) is 1.60. The largest absolute Gasteiger partial charge is 0.508 e. The molecule has 0 aliphatic heterocycles. The number of rotatable bonds is 4. The molecular weight excluding hydrogens is 200 g/mol. The third-order valence-corrected chi connectivity index (χ3v) is 2.42. The number of carbonyl (C=O) groups is 1.